The van der Waals surface area contributed by atoms with Crippen LogP contribution >= 0.6 is 27.5 Å². The molecule has 2 aromatic rings. The topological polar surface area (TPSA) is 43.6 Å². The smallest absolute Gasteiger partial charge is 0.230 e. The lowest BCUT2D eigenvalue weighted by atomic mass is 10.5. The van der Waals surface area contributed by atoms with Gasteiger partial charge in [-0.25, -0.2) is 4.98 Å². The number of nitrogens with zero attached hydrogens (tertiary/aromatic N) is 4. The first-order chi connectivity index (χ1) is 6.27. The number of rotatable bonds is 1. The highest BCUT2D eigenvalue weighted by molar-refractivity contribution is 9.10. The van der Waals surface area contributed by atoms with Crippen molar-refractivity contribution in [3.8, 4) is 5.82 Å². The Morgan fingerprint density at radius 3 is 2.77 bits per heavy atom. The third kappa shape index (κ3) is 1.71. The summed E-state index contributed by atoms with van der Waals surface area (Å²) < 4.78 is 2.51. The Morgan fingerprint density at radius 2 is 2.23 bits per heavy atom. The van der Waals surface area contributed by atoms with Crippen molar-refractivity contribution in [2.24, 2.45) is 0 Å². The molecule has 0 aliphatic carbocycles. The average molecular weight is 259 g/mol. The Kier molecular flexibility index (Phi) is 2.28. The molecule has 0 aromatic carbocycles. The summed E-state index contributed by atoms with van der Waals surface area (Å²) in [6, 6.07) is 3.69. The molecule has 0 spiro atoms. The fourth-order valence-corrected chi connectivity index (χ4v) is 1.29. The second-order valence-corrected chi connectivity index (χ2v) is 3.56. The molecule has 2 heterocycles. The van der Waals surface area contributed by atoms with Crippen molar-refractivity contribution in [2.75, 3.05) is 0 Å². The largest absolute Gasteiger partial charge is 0.256 e. The van der Waals surface area contributed by atoms with Gasteiger partial charge in [0.1, 0.15) is 12.1 Å². The van der Waals surface area contributed by atoms with E-state index in [4.69, 9.17) is 11.6 Å². The molecule has 0 aliphatic heterocycles. The fraction of sp³-hybridized carbons (Fsp3) is 0. The van der Waals surface area contributed by atoms with Crippen molar-refractivity contribution in [3.05, 3.63) is 34.4 Å². The average Bonchev–Trinajstić information content (AvgIpc) is 2.53. The molecule has 0 amide bonds. The van der Waals surface area contributed by atoms with Crippen molar-refractivity contribution in [2.45, 2.75) is 0 Å². The van der Waals surface area contributed by atoms with E-state index < -0.39 is 0 Å². The monoisotopic (exact) mass is 258 g/mol. The van der Waals surface area contributed by atoms with Crippen LogP contribution in [0.25, 0.3) is 5.82 Å². The molecule has 66 valence electrons. The molecule has 0 bridgehead atoms. The maximum absolute atomic E-state index is 5.75. The van der Waals surface area contributed by atoms with E-state index in [-0.39, 0.29) is 0 Å². The Labute approximate surface area is 87.7 Å². The minimum Gasteiger partial charge on any atom is -0.256 e. The number of aromatic nitrogens is 4. The Morgan fingerprint density at radius 1 is 1.38 bits per heavy atom. The quantitative estimate of drug-likeness (QED) is 0.787. The van der Waals surface area contributed by atoms with Crippen LogP contribution in [0.1, 0.15) is 0 Å². The number of pyridine rings is 1. The summed E-state index contributed by atoms with van der Waals surface area (Å²) in [5, 5.41) is 7.59. The Hall–Kier alpha value is -0.940. The molecule has 0 atom stereocenters. The van der Waals surface area contributed by atoms with E-state index in [1.54, 1.807) is 10.8 Å². The van der Waals surface area contributed by atoms with Crippen molar-refractivity contribution in [1.29, 1.82) is 0 Å². The lowest BCUT2D eigenvalue weighted by Gasteiger charge is -1.99. The van der Waals surface area contributed by atoms with Gasteiger partial charge < -0.3 is 0 Å². The summed E-state index contributed by atoms with van der Waals surface area (Å²) in [4.78, 5) is 4.13. The molecule has 13 heavy (non-hydrogen) atoms. The van der Waals surface area contributed by atoms with Gasteiger partial charge >= 0.3 is 0 Å². The lowest BCUT2D eigenvalue weighted by molar-refractivity contribution is 0.989. The summed E-state index contributed by atoms with van der Waals surface area (Å²) >= 11 is 9.04. The highest BCUT2D eigenvalue weighted by atomic mass is 79.9. The van der Waals surface area contributed by atoms with E-state index in [0.717, 1.165) is 4.47 Å². The molecule has 2 rings (SSSR count). The molecule has 0 radical (unpaired) electrons. The molecule has 0 unspecified atom stereocenters. The Balaban J connectivity index is 2.47. The van der Waals surface area contributed by atoms with E-state index >= 15 is 0 Å². The van der Waals surface area contributed by atoms with Gasteiger partial charge in [-0.2, -0.15) is 0 Å². The third-order valence-corrected chi connectivity index (χ3v) is 2.19. The first-order valence-corrected chi connectivity index (χ1v) is 4.62. The zero-order valence-electron chi connectivity index (χ0n) is 6.35. The predicted molar refractivity (Wildman–Crippen MR) is 51.9 cm³/mol. The van der Waals surface area contributed by atoms with Gasteiger partial charge in [0.05, 0.1) is 0 Å². The van der Waals surface area contributed by atoms with Gasteiger partial charge in [-0.3, -0.25) is 4.57 Å². The summed E-state index contributed by atoms with van der Waals surface area (Å²) in [5.74, 6) is 0.693. The third-order valence-electron chi connectivity index (χ3n) is 1.46. The Bertz CT molecular complexity index is 411. The van der Waals surface area contributed by atoms with Crippen LogP contribution in [0, 0.1) is 0 Å². The van der Waals surface area contributed by atoms with Crippen LogP contribution in [0.15, 0.2) is 29.1 Å². The van der Waals surface area contributed by atoms with Gasteiger partial charge in [0.25, 0.3) is 0 Å². The molecule has 0 fully saturated rings. The van der Waals surface area contributed by atoms with Crippen molar-refractivity contribution in [3.63, 3.8) is 0 Å². The number of hydrogen-bond acceptors (Lipinski definition) is 3. The molecule has 0 saturated carbocycles. The molecule has 6 heteroatoms. The maximum atomic E-state index is 5.75. The van der Waals surface area contributed by atoms with E-state index in [1.165, 1.54) is 6.33 Å². The van der Waals surface area contributed by atoms with Gasteiger partial charge in [0.2, 0.25) is 5.28 Å². The molecule has 4 nitrogen and oxygen atoms in total. The highest BCUT2D eigenvalue weighted by Crippen LogP contribution is 2.13. The first-order valence-electron chi connectivity index (χ1n) is 3.45. The molecular weight excluding hydrogens is 255 g/mol. The highest BCUT2D eigenvalue weighted by Gasteiger charge is 2.03. The SMILES string of the molecule is Clc1nncn1-c1ccc(Br)cn1. The van der Waals surface area contributed by atoms with Gasteiger partial charge in [0.15, 0.2) is 0 Å². The van der Waals surface area contributed by atoms with Crippen LogP contribution < -0.4 is 0 Å². The first kappa shape index (κ1) is 8.65. The fourth-order valence-electron chi connectivity index (χ4n) is 0.885. The van der Waals surface area contributed by atoms with Crippen LogP contribution in [0.3, 0.4) is 0 Å². The zero-order valence-corrected chi connectivity index (χ0v) is 8.70. The van der Waals surface area contributed by atoms with Gasteiger partial charge in [-0.1, -0.05) is 0 Å². The minimum absolute atomic E-state index is 0.301. The summed E-state index contributed by atoms with van der Waals surface area (Å²) in [6.07, 6.45) is 3.20. The van der Waals surface area contributed by atoms with E-state index in [1.807, 2.05) is 12.1 Å². The van der Waals surface area contributed by atoms with Gasteiger partial charge in [-0.15, -0.1) is 10.2 Å². The van der Waals surface area contributed by atoms with Gasteiger partial charge in [-0.05, 0) is 39.7 Å². The summed E-state index contributed by atoms with van der Waals surface area (Å²) in [6.45, 7) is 0. The second-order valence-electron chi connectivity index (χ2n) is 2.30. The van der Waals surface area contributed by atoms with Crippen LogP contribution in [0.2, 0.25) is 5.28 Å². The van der Waals surface area contributed by atoms with Crippen LogP contribution in [-0.2, 0) is 0 Å². The molecule has 0 aliphatic rings. The maximum Gasteiger partial charge on any atom is 0.230 e. The number of hydrogen-bond donors (Lipinski definition) is 0. The molecular formula is C7H4BrClN4. The van der Waals surface area contributed by atoms with Crippen LogP contribution in [0.4, 0.5) is 0 Å². The molecule has 0 saturated heterocycles. The predicted octanol–water partition coefficient (Wildman–Crippen LogP) is 2.08. The van der Waals surface area contributed by atoms with Crippen LogP contribution in [-0.4, -0.2) is 19.7 Å². The van der Waals surface area contributed by atoms with Crippen molar-refractivity contribution >= 4 is 27.5 Å². The van der Waals surface area contributed by atoms with Gasteiger partial charge in [0, 0.05) is 10.7 Å². The lowest BCUT2D eigenvalue weighted by Crippen LogP contribution is -1.94. The van der Waals surface area contributed by atoms with Crippen molar-refractivity contribution in [1.82, 2.24) is 19.7 Å². The number of halogens is 2. The van der Waals surface area contributed by atoms with E-state index in [9.17, 15) is 0 Å². The molecule has 2 aromatic heterocycles. The van der Waals surface area contributed by atoms with E-state index in [0.29, 0.717) is 11.1 Å². The normalized spacial score (nSPS) is 10.3. The van der Waals surface area contributed by atoms with Crippen LogP contribution in [0.5, 0.6) is 0 Å². The zero-order chi connectivity index (χ0) is 9.26. The van der Waals surface area contributed by atoms with E-state index in [2.05, 4.69) is 31.1 Å². The minimum atomic E-state index is 0.301. The standard InChI is InChI=1S/C7H4BrClN4/c8-5-1-2-6(10-3-5)13-4-11-12-7(13)9/h1-4H. The summed E-state index contributed by atoms with van der Waals surface area (Å²) in [7, 11) is 0. The second kappa shape index (κ2) is 3.43. The summed E-state index contributed by atoms with van der Waals surface area (Å²) in [5.41, 5.74) is 0. The molecule has 0 N–H and O–H groups in total. The van der Waals surface area contributed by atoms with Crippen molar-refractivity contribution < 1.29 is 0 Å².